The number of nitrogen functional groups attached to an aromatic ring is 1. The van der Waals surface area contributed by atoms with Gasteiger partial charge in [0.25, 0.3) is 0 Å². The van der Waals surface area contributed by atoms with Gasteiger partial charge in [-0.05, 0) is 24.3 Å². The minimum atomic E-state index is -3.52. The topological polar surface area (TPSA) is 115 Å². The molecule has 4 rings (SSSR count). The lowest BCUT2D eigenvalue weighted by Gasteiger charge is -2.07. The molecule has 0 radical (unpaired) electrons. The number of pyridine rings is 1. The number of rotatable bonds is 4. The van der Waals surface area contributed by atoms with Crippen LogP contribution in [-0.2, 0) is 15.6 Å². The van der Waals surface area contributed by atoms with Gasteiger partial charge >= 0.3 is 0 Å². The minimum Gasteiger partial charge on any atom is -0.384 e. The Morgan fingerprint density at radius 2 is 1.85 bits per heavy atom. The van der Waals surface area contributed by atoms with Crippen molar-refractivity contribution in [2.24, 2.45) is 0 Å². The van der Waals surface area contributed by atoms with Crippen molar-refractivity contribution >= 4 is 26.7 Å². The average Bonchev–Trinajstić information content (AvgIpc) is 3.09. The van der Waals surface area contributed by atoms with Crippen LogP contribution in [0, 0.1) is 0 Å². The Hall–Kier alpha value is -3.26. The minimum absolute atomic E-state index is 0.211. The maximum Gasteiger partial charge on any atom is 0.184 e. The zero-order chi connectivity index (χ0) is 18.1. The Morgan fingerprint density at radius 3 is 2.65 bits per heavy atom. The van der Waals surface area contributed by atoms with E-state index in [-0.39, 0.29) is 16.5 Å². The number of benzene rings is 1. The molecule has 26 heavy (non-hydrogen) atoms. The van der Waals surface area contributed by atoms with E-state index in [9.17, 15) is 8.42 Å². The lowest BCUT2D eigenvalue weighted by molar-refractivity contribution is 0.594. The predicted molar refractivity (Wildman–Crippen MR) is 98.9 cm³/mol. The van der Waals surface area contributed by atoms with Gasteiger partial charge in [0.15, 0.2) is 15.7 Å². The summed E-state index contributed by atoms with van der Waals surface area (Å²) in [5.41, 5.74) is 7.64. The van der Waals surface area contributed by atoms with Crippen LogP contribution in [0.1, 0.15) is 5.69 Å². The van der Waals surface area contributed by atoms with Gasteiger partial charge in [-0.15, -0.1) is 0 Å². The summed E-state index contributed by atoms with van der Waals surface area (Å²) < 4.78 is 25.2. The average molecular weight is 365 g/mol. The van der Waals surface area contributed by atoms with Gasteiger partial charge in [0.2, 0.25) is 0 Å². The van der Waals surface area contributed by atoms with Gasteiger partial charge in [-0.25, -0.2) is 23.4 Å². The van der Waals surface area contributed by atoms with Gasteiger partial charge in [0.05, 0.1) is 16.3 Å². The number of aromatic amines is 1. The number of anilines is 1. The van der Waals surface area contributed by atoms with E-state index in [1.54, 1.807) is 42.7 Å². The molecule has 7 nitrogen and oxygen atoms in total. The molecule has 0 aliphatic carbocycles. The first-order chi connectivity index (χ1) is 12.5. The molecule has 0 bridgehead atoms. The quantitative estimate of drug-likeness (QED) is 0.574. The Balaban J connectivity index is 1.72. The fourth-order valence-corrected chi connectivity index (χ4v) is 3.97. The van der Waals surface area contributed by atoms with Crippen LogP contribution in [0.3, 0.4) is 0 Å². The van der Waals surface area contributed by atoms with Crippen LogP contribution >= 0.6 is 0 Å². The van der Waals surface area contributed by atoms with Crippen LogP contribution < -0.4 is 5.73 Å². The fraction of sp³-hybridized carbons (Fsp3) is 0.0556. The molecule has 0 atom stereocenters. The Morgan fingerprint density at radius 1 is 1.04 bits per heavy atom. The molecule has 0 spiro atoms. The molecular weight excluding hydrogens is 350 g/mol. The summed E-state index contributed by atoms with van der Waals surface area (Å²) in [6, 6.07) is 13.5. The Labute approximate surface area is 149 Å². The number of nitrogens with two attached hydrogens (primary N) is 1. The lowest BCUT2D eigenvalue weighted by atomic mass is 10.2. The van der Waals surface area contributed by atoms with E-state index >= 15 is 0 Å². The highest BCUT2D eigenvalue weighted by atomic mass is 32.2. The van der Waals surface area contributed by atoms with E-state index in [4.69, 9.17) is 5.73 Å². The number of hydrogen-bond acceptors (Lipinski definition) is 6. The number of H-pyrrole nitrogens is 1. The molecule has 3 aromatic heterocycles. The molecule has 3 N–H and O–H groups in total. The third-order valence-electron chi connectivity index (χ3n) is 3.90. The molecule has 3 heterocycles. The van der Waals surface area contributed by atoms with E-state index in [1.165, 1.54) is 6.07 Å². The molecule has 0 unspecified atom stereocenters. The van der Waals surface area contributed by atoms with Gasteiger partial charge in [-0.1, -0.05) is 18.2 Å². The van der Waals surface area contributed by atoms with Crippen molar-refractivity contribution in [1.82, 2.24) is 19.9 Å². The summed E-state index contributed by atoms with van der Waals surface area (Å²) in [4.78, 5) is 16.2. The van der Waals surface area contributed by atoms with Crippen molar-refractivity contribution in [3.05, 3.63) is 66.6 Å². The first kappa shape index (κ1) is 16.2. The van der Waals surface area contributed by atoms with Gasteiger partial charge < -0.3 is 10.7 Å². The van der Waals surface area contributed by atoms with Crippen molar-refractivity contribution in [2.45, 2.75) is 10.6 Å². The first-order valence-corrected chi connectivity index (χ1v) is 9.51. The fourth-order valence-electron chi connectivity index (χ4n) is 2.69. The molecule has 0 fully saturated rings. The monoisotopic (exact) mass is 365 g/mol. The standard InChI is InChI=1S/C18H15N5O2S/c19-16-9-14(11-26(24,25)15-4-2-1-3-5-15)22-18(23-16)13-8-12-6-7-20-17(12)21-10-13/h1-10H,11H2,(H,20,21)(H2,19,22,23). The van der Waals surface area contributed by atoms with Crippen molar-refractivity contribution in [1.29, 1.82) is 0 Å². The third kappa shape index (κ3) is 3.14. The summed E-state index contributed by atoms with van der Waals surface area (Å²) in [5.74, 6) is 0.303. The molecule has 0 aliphatic heterocycles. The number of nitrogens with one attached hydrogen (secondary N) is 1. The van der Waals surface area contributed by atoms with E-state index in [2.05, 4.69) is 19.9 Å². The van der Waals surface area contributed by atoms with Gasteiger partial charge in [0.1, 0.15) is 11.5 Å². The molecular formula is C18H15N5O2S. The van der Waals surface area contributed by atoms with Crippen molar-refractivity contribution in [3.8, 4) is 11.4 Å². The normalized spacial score (nSPS) is 11.7. The van der Waals surface area contributed by atoms with E-state index < -0.39 is 9.84 Å². The zero-order valence-corrected chi connectivity index (χ0v) is 14.4. The summed E-state index contributed by atoms with van der Waals surface area (Å²) in [7, 11) is -3.52. The van der Waals surface area contributed by atoms with Crippen molar-refractivity contribution in [3.63, 3.8) is 0 Å². The number of sulfone groups is 1. The number of aromatic nitrogens is 4. The summed E-state index contributed by atoms with van der Waals surface area (Å²) in [6.07, 6.45) is 3.42. The molecule has 8 heteroatoms. The molecule has 130 valence electrons. The van der Waals surface area contributed by atoms with Crippen LogP contribution in [0.25, 0.3) is 22.4 Å². The number of hydrogen-bond donors (Lipinski definition) is 2. The first-order valence-electron chi connectivity index (χ1n) is 7.86. The van der Waals surface area contributed by atoms with Crippen molar-refractivity contribution < 1.29 is 8.42 Å². The lowest BCUT2D eigenvalue weighted by Crippen LogP contribution is -2.08. The molecule has 0 saturated carbocycles. The summed E-state index contributed by atoms with van der Waals surface area (Å²) >= 11 is 0. The number of nitrogens with zero attached hydrogens (tertiary/aromatic N) is 3. The third-order valence-corrected chi connectivity index (χ3v) is 5.56. The van der Waals surface area contributed by atoms with Crippen LogP contribution in [0.15, 0.2) is 65.8 Å². The van der Waals surface area contributed by atoms with E-state index in [0.717, 1.165) is 11.0 Å². The summed E-state index contributed by atoms with van der Waals surface area (Å²) in [5, 5.41) is 0.909. The SMILES string of the molecule is Nc1cc(CS(=O)(=O)c2ccccc2)nc(-c2cnc3[nH]ccc3c2)n1. The van der Waals surface area contributed by atoms with Crippen LogP contribution in [0.5, 0.6) is 0 Å². The maximum absolute atomic E-state index is 12.6. The van der Waals surface area contributed by atoms with E-state index in [1.807, 2.05) is 12.1 Å². The van der Waals surface area contributed by atoms with E-state index in [0.29, 0.717) is 17.1 Å². The second-order valence-electron chi connectivity index (χ2n) is 5.82. The Bertz CT molecular complexity index is 1190. The highest BCUT2D eigenvalue weighted by Crippen LogP contribution is 2.22. The maximum atomic E-state index is 12.6. The van der Waals surface area contributed by atoms with Crippen LogP contribution in [0.4, 0.5) is 5.82 Å². The summed E-state index contributed by atoms with van der Waals surface area (Å²) in [6.45, 7) is 0. The molecule has 0 amide bonds. The van der Waals surface area contributed by atoms with Crippen LogP contribution in [-0.4, -0.2) is 28.4 Å². The van der Waals surface area contributed by atoms with Crippen molar-refractivity contribution in [2.75, 3.05) is 5.73 Å². The molecule has 4 aromatic rings. The highest BCUT2D eigenvalue weighted by molar-refractivity contribution is 7.90. The molecule has 0 saturated heterocycles. The zero-order valence-electron chi connectivity index (χ0n) is 13.6. The highest BCUT2D eigenvalue weighted by Gasteiger charge is 2.17. The Kier molecular flexibility index (Phi) is 3.89. The number of fused-ring (bicyclic) bond motifs is 1. The largest absolute Gasteiger partial charge is 0.384 e. The second-order valence-corrected chi connectivity index (χ2v) is 7.81. The van der Waals surface area contributed by atoms with Gasteiger partial charge in [-0.3, -0.25) is 0 Å². The smallest absolute Gasteiger partial charge is 0.184 e. The van der Waals surface area contributed by atoms with Crippen LogP contribution in [0.2, 0.25) is 0 Å². The van der Waals surface area contributed by atoms with Gasteiger partial charge in [-0.2, -0.15) is 0 Å². The van der Waals surface area contributed by atoms with Gasteiger partial charge in [0, 0.05) is 29.4 Å². The second kappa shape index (κ2) is 6.23. The predicted octanol–water partition coefficient (Wildman–Crippen LogP) is 2.58. The molecule has 0 aliphatic rings. The molecule has 1 aromatic carbocycles.